The van der Waals surface area contributed by atoms with E-state index in [1.807, 2.05) is 67.6 Å². The Balaban J connectivity index is 1.59. The molecule has 2 aromatic carbocycles. The third kappa shape index (κ3) is 8.88. The van der Waals surface area contributed by atoms with Gasteiger partial charge in [0.1, 0.15) is 23.2 Å². The molecule has 0 radical (unpaired) electrons. The normalized spacial score (nSPS) is 15.4. The number of benzene rings is 2. The molecule has 0 saturated heterocycles. The molecule has 10 heteroatoms. The Morgan fingerprint density at radius 3 is 2.26 bits per heavy atom. The fourth-order valence-corrected chi connectivity index (χ4v) is 5.30. The van der Waals surface area contributed by atoms with Crippen LogP contribution in [0.3, 0.4) is 0 Å². The number of ketones is 1. The van der Waals surface area contributed by atoms with E-state index in [9.17, 15) is 24.3 Å². The second-order valence-electron chi connectivity index (χ2n) is 12.2. The highest BCUT2D eigenvalue weighted by molar-refractivity contribution is 6.03. The lowest BCUT2D eigenvalue weighted by atomic mass is 9.89. The first-order chi connectivity index (χ1) is 22.0. The zero-order chi connectivity index (χ0) is 33.3. The molecule has 0 spiro atoms. The lowest BCUT2D eigenvalue weighted by Gasteiger charge is -2.24. The third-order valence-electron chi connectivity index (χ3n) is 7.54. The molecule has 2 amide bonds. The van der Waals surface area contributed by atoms with Crippen LogP contribution in [0.5, 0.6) is 0 Å². The van der Waals surface area contributed by atoms with Crippen molar-refractivity contribution < 1.29 is 24.2 Å². The van der Waals surface area contributed by atoms with E-state index in [-0.39, 0.29) is 24.6 Å². The quantitative estimate of drug-likeness (QED) is 0.230. The first kappa shape index (κ1) is 34.1. The van der Waals surface area contributed by atoms with Crippen molar-refractivity contribution in [3.05, 3.63) is 101 Å². The van der Waals surface area contributed by atoms with Crippen LogP contribution in [0.15, 0.2) is 89.4 Å². The van der Waals surface area contributed by atoms with Crippen molar-refractivity contribution in [3.63, 3.8) is 0 Å². The third-order valence-corrected chi connectivity index (χ3v) is 7.54. The summed E-state index contributed by atoms with van der Waals surface area (Å²) in [4.78, 5) is 56.6. The van der Waals surface area contributed by atoms with Crippen LogP contribution in [0.4, 0.5) is 10.5 Å². The topological polar surface area (TPSA) is 140 Å². The smallest absolute Gasteiger partial charge is 0.412 e. The van der Waals surface area contributed by atoms with Crippen molar-refractivity contribution in [2.75, 3.05) is 11.9 Å². The predicted octanol–water partition coefficient (Wildman–Crippen LogP) is 5.84. The number of nitrogens with zero attached hydrogens (tertiary/aromatic N) is 2. The van der Waals surface area contributed by atoms with E-state index in [2.05, 4.69) is 15.6 Å². The fourth-order valence-electron chi connectivity index (χ4n) is 5.30. The molecule has 2 unspecified atom stereocenters. The number of allylic oxidation sites excluding steroid dienone is 2. The molecule has 0 saturated carbocycles. The standard InChI is InChI=1S/C36H42N4O6/c1-5-6-17-26(18-21-31(42)37-22-28-27(19-20-30(41)32(28)43)24-13-9-7-10-14-24)40-33(25-15-11-8-12-16-25)38-23-29(34(40)44)39-35(45)46-36(2,3)4/h7-16,19-20,23,26,32,43H,5-6,17-18,21-22H2,1-4H3,(H,37,42)(H,39,45). The minimum atomic E-state index is -1.35. The molecular weight excluding hydrogens is 584 g/mol. The van der Waals surface area contributed by atoms with Crippen molar-refractivity contribution >= 4 is 29.0 Å². The number of nitrogens with one attached hydrogen (secondary N) is 2. The number of amides is 2. The van der Waals surface area contributed by atoms with E-state index in [0.717, 1.165) is 24.0 Å². The van der Waals surface area contributed by atoms with E-state index in [0.29, 0.717) is 29.8 Å². The number of aliphatic hydroxyl groups excluding tert-OH is 1. The Morgan fingerprint density at radius 2 is 1.63 bits per heavy atom. The lowest BCUT2D eigenvalue weighted by Crippen LogP contribution is -2.35. The molecule has 10 nitrogen and oxygen atoms in total. The van der Waals surface area contributed by atoms with Crippen molar-refractivity contribution in [2.45, 2.75) is 77.5 Å². The molecule has 1 aromatic heterocycles. The SMILES string of the molecule is CCCCC(CCC(=O)NCC1=C(c2ccccc2)C=CC(=O)C1O)n1c(-c2ccccc2)ncc(NC(=O)OC(C)(C)C)c1=O. The summed E-state index contributed by atoms with van der Waals surface area (Å²) in [7, 11) is 0. The molecule has 0 aliphatic heterocycles. The Labute approximate surface area is 269 Å². The zero-order valence-corrected chi connectivity index (χ0v) is 26.8. The number of hydrogen-bond donors (Lipinski definition) is 3. The molecule has 242 valence electrons. The monoisotopic (exact) mass is 626 g/mol. The highest BCUT2D eigenvalue weighted by Crippen LogP contribution is 2.28. The van der Waals surface area contributed by atoms with E-state index >= 15 is 0 Å². The van der Waals surface area contributed by atoms with E-state index in [4.69, 9.17) is 4.74 Å². The van der Waals surface area contributed by atoms with Crippen molar-refractivity contribution in [1.82, 2.24) is 14.9 Å². The van der Waals surface area contributed by atoms with Crippen molar-refractivity contribution in [3.8, 4) is 11.4 Å². The van der Waals surface area contributed by atoms with E-state index in [1.54, 1.807) is 31.4 Å². The molecule has 3 N–H and O–H groups in total. The molecule has 1 aliphatic carbocycles. The van der Waals surface area contributed by atoms with Gasteiger partial charge in [-0.2, -0.15) is 0 Å². The number of aliphatic hydroxyl groups is 1. The van der Waals surface area contributed by atoms with Gasteiger partial charge in [0.15, 0.2) is 5.78 Å². The highest BCUT2D eigenvalue weighted by atomic mass is 16.6. The van der Waals surface area contributed by atoms with Crippen LogP contribution >= 0.6 is 0 Å². The van der Waals surface area contributed by atoms with Gasteiger partial charge in [0, 0.05) is 24.6 Å². The van der Waals surface area contributed by atoms with Crippen LogP contribution in [-0.4, -0.2) is 50.7 Å². The van der Waals surface area contributed by atoms with Crippen molar-refractivity contribution in [1.29, 1.82) is 0 Å². The van der Waals surface area contributed by atoms with Crippen LogP contribution < -0.4 is 16.2 Å². The molecule has 2 atom stereocenters. The number of rotatable bonds is 12. The maximum atomic E-state index is 14.0. The highest BCUT2D eigenvalue weighted by Gasteiger charge is 2.27. The second kappa shape index (κ2) is 15.4. The number of carbonyl (C=O) groups is 3. The van der Waals surface area contributed by atoms with Crippen LogP contribution in [0.1, 0.15) is 71.4 Å². The largest absolute Gasteiger partial charge is 0.444 e. The predicted molar refractivity (Wildman–Crippen MR) is 178 cm³/mol. The summed E-state index contributed by atoms with van der Waals surface area (Å²) < 4.78 is 6.92. The molecular formula is C36H42N4O6. The Hall–Kier alpha value is -4.83. The zero-order valence-electron chi connectivity index (χ0n) is 26.8. The first-order valence-corrected chi connectivity index (χ1v) is 15.6. The summed E-state index contributed by atoms with van der Waals surface area (Å²) in [6.07, 6.45) is 4.88. The summed E-state index contributed by atoms with van der Waals surface area (Å²) >= 11 is 0. The van der Waals surface area contributed by atoms with Gasteiger partial charge < -0.3 is 15.2 Å². The van der Waals surface area contributed by atoms with Crippen LogP contribution in [0, 0.1) is 0 Å². The fraction of sp³-hybridized carbons (Fsp3) is 0.361. The number of carbonyl (C=O) groups excluding carboxylic acids is 3. The first-order valence-electron chi connectivity index (χ1n) is 15.6. The van der Waals surface area contributed by atoms with E-state index < -0.39 is 35.2 Å². The molecule has 0 bridgehead atoms. The average molecular weight is 627 g/mol. The molecule has 3 aromatic rings. The number of hydrogen-bond acceptors (Lipinski definition) is 7. The summed E-state index contributed by atoms with van der Waals surface area (Å²) in [6.45, 7) is 7.24. The maximum absolute atomic E-state index is 14.0. The molecule has 4 rings (SSSR count). The number of ether oxygens (including phenoxy) is 1. The van der Waals surface area contributed by atoms with Crippen LogP contribution in [0.25, 0.3) is 17.0 Å². The Morgan fingerprint density at radius 1 is 0.978 bits per heavy atom. The van der Waals surface area contributed by atoms with Gasteiger partial charge in [-0.15, -0.1) is 0 Å². The van der Waals surface area contributed by atoms with Gasteiger partial charge in [-0.25, -0.2) is 9.78 Å². The molecule has 1 aliphatic rings. The van der Waals surface area contributed by atoms with E-state index in [1.165, 1.54) is 12.3 Å². The maximum Gasteiger partial charge on any atom is 0.412 e. The summed E-state index contributed by atoms with van der Waals surface area (Å²) in [5.41, 5.74) is 1.43. The van der Waals surface area contributed by atoms with Gasteiger partial charge in [-0.05, 0) is 56.4 Å². The number of unbranched alkanes of at least 4 members (excludes halogenated alkanes) is 1. The number of anilines is 1. The number of aromatic nitrogens is 2. The van der Waals surface area contributed by atoms with Gasteiger partial charge in [0.2, 0.25) is 5.91 Å². The summed E-state index contributed by atoms with van der Waals surface area (Å²) in [6, 6.07) is 18.2. The summed E-state index contributed by atoms with van der Waals surface area (Å²) in [5, 5.41) is 16.1. The Bertz CT molecular complexity index is 1660. The van der Waals surface area contributed by atoms with Gasteiger partial charge in [-0.1, -0.05) is 86.5 Å². The molecule has 1 heterocycles. The summed E-state index contributed by atoms with van der Waals surface area (Å²) in [5.74, 6) is -0.306. The molecule has 0 fully saturated rings. The average Bonchev–Trinajstić information content (AvgIpc) is 3.03. The van der Waals surface area contributed by atoms with Crippen molar-refractivity contribution in [2.24, 2.45) is 0 Å². The minimum absolute atomic E-state index is 0.00794. The van der Waals surface area contributed by atoms with Gasteiger partial charge >= 0.3 is 6.09 Å². The van der Waals surface area contributed by atoms with Gasteiger partial charge in [-0.3, -0.25) is 24.3 Å². The van der Waals surface area contributed by atoms with Crippen LogP contribution in [-0.2, 0) is 14.3 Å². The van der Waals surface area contributed by atoms with Gasteiger partial charge in [0.25, 0.3) is 5.56 Å². The Kier molecular flexibility index (Phi) is 11.4. The van der Waals surface area contributed by atoms with Crippen LogP contribution in [0.2, 0.25) is 0 Å². The molecule has 46 heavy (non-hydrogen) atoms. The second-order valence-corrected chi connectivity index (χ2v) is 12.2. The minimum Gasteiger partial charge on any atom is -0.444 e. The lowest BCUT2D eigenvalue weighted by molar-refractivity contribution is -0.122. The van der Waals surface area contributed by atoms with Gasteiger partial charge in [0.05, 0.1) is 6.20 Å².